The molecule has 3 aromatic heterocycles. The first-order chi connectivity index (χ1) is 16.0. The second kappa shape index (κ2) is 10.1. The molecule has 2 N–H and O–H groups in total. The van der Waals surface area contributed by atoms with E-state index in [1.807, 2.05) is 0 Å². The van der Waals surface area contributed by atoms with E-state index in [-0.39, 0.29) is 5.56 Å². The van der Waals surface area contributed by atoms with Gasteiger partial charge < -0.3 is 28.9 Å². The van der Waals surface area contributed by atoms with E-state index >= 15 is 0 Å². The Bertz CT molecular complexity index is 1280. The van der Waals surface area contributed by atoms with Gasteiger partial charge in [-0.25, -0.2) is 4.79 Å². The molecule has 0 spiro atoms. The van der Waals surface area contributed by atoms with E-state index in [1.165, 1.54) is 18.6 Å². The Morgan fingerprint density at radius 3 is 2.24 bits per heavy atom. The molecule has 0 aliphatic carbocycles. The molecule has 0 aliphatic rings. The van der Waals surface area contributed by atoms with E-state index in [4.69, 9.17) is 28.7 Å². The predicted octanol–water partition coefficient (Wildman–Crippen LogP) is 4.42. The maximum Gasteiger partial charge on any atom is 0.337 e. The van der Waals surface area contributed by atoms with Crippen LogP contribution >= 0.6 is 0 Å². The molecule has 0 radical (unpaired) electrons. The zero-order chi connectivity index (χ0) is 24.0. The molecule has 11 nitrogen and oxygen atoms in total. The average Bonchev–Trinajstić information content (AvgIpc) is 3.28. The van der Waals surface area contributed by atoms with Gasteiger partial charge in [0.2, 0.25) is 5.75 Å². The Morgan fingerprint density at radius 1 is 1.00 bits per heavy atom. The fourth-order valence-corrected chi connectivity index (χ4v) is 3.24. The molecule has 11 heteroatoms. The largest absolute Gasteiger partial charge is 0.493 e. The second-order valence-electron chi connectivity index (χ2n) is 6.45. The molecule has 0 unspecified atom stereocenters. The first kappa shape index (κ1) is 23.0. The first-order valence-electron chi connectivity index (χ1n) is 9.31. The number of hydrogen-bond donors (Lipinski definition) is 2. The number of rotatable bonds is 6. The molecule has 0 atom stereocenters. The molecule has 4 aromatic rings. The summed E-state index contributed by atoms with van der Waals surface area (Å²) in [4.78, 5) is 27.8. The summed E-state index contributed by atoms with van der Waals surface area (Å²) in [5.41, 5.74) is 3.25. The van der Waals surface area contributed by atoms with Gasteiger partial charge in [-0.3, -0.25) is 9.97 Å². The van der Waals surface area contributed by atoms with Crippen LogP contribution in [0.15, 0.2) is 58.7 Å². The van der Waals surface area contributed by atoms with Gasteiger partial charge in [0.05, 0.1) is 26.9 Å². The van der Waals surface area contributed by atoms with Crippen molar-refractivity contribution in [3.63, 3.8) is 0 Å². The lowest BCUT2D eigenvalue weighted by molar-refractivity contribution is 0.0696. The zero-order valence-electron chi connectivity index (χ0n) is 17.8. The predicted molar refractivity (Wildman–Crippen MR) is 117 cm³/mol. The van der Waals surface area contributed by atoms with Gasteiger partial charge in [-0.05, 0) is 24.3 Å². The third-order valence-corrected chi connectivity index (χ3v) is 4.66. The molecule has 0 fully saturated rings. The normalized spacial score (nSPS) is 10.2. The summed E-state index contributed by atoms with van der Waals surface area (Å²) < 4.78 is 22.3. The van der Waals surface area contributed by atoms with Gasteiger partial charge in [-0.15, -0.1) is 4.91 Å². The number of carboxylic acid groups (broad SMARTS) is 1. The van der Waals surface area contributed by atoms with E-state index < -0.39 is 5.97 Å². The van der Waals surface area contributed by atoms with Crippen LogP contribution in [0, 0.1) is 4.91 Å². The van der Waals surface area contributed by atoms with Crippen molar-refractivity contribution >= 4 is 17.1 Å². The Morgan fingerprint density at radius 2 is 1.67 bits per heavy atom. The molecule has 4 rings (SSSR count). The molecule has 0 saturated heterocycles. The summed E-state index contributed by atoms with van der Waals surface area (Å²) in [5.74, 6) is 0.978. The summed E-state index contributed by atoms with van der Waals surface area (Å²) in [6, 6.07) is 8.67. The third-order valence-electron chi connectivity index (χ3n) is 4.66. The standard InChI is InChI=1S/C22H18N2O6.HNO2/c1-27-18-7-12(8-19(28-2)21(18)29-3)17-9-16-20(30-17)15(4-5-24-16)13-6-14(22(25)26)11-23-10-13;2-1-3/h4-11H,1-3H3,(H,25,26);(H,2,3). The number of benzene rings is 1. The van der Waals surface area contributed by atoms with Crippen molar-refractivity contribution < 1.29 is 33.7 Å². The van der Waals surface area contributed by atoms with Crippen LogP contribution in [-0.4, -0.2) is 47.6 Å². The highest BCUT2D eigenvalue weighted by atomic mass is 16.6. The van der Waals surface area contributed by atoms with E-state index in [1.54, 1.807) is 56.9 Å². The Labute approximate surface area is 187 Å². The van der Waals surface area contributed by atoms with Crippen molar-refractivity contribution in [1.29, 1.82) is 0 Å². The van der Waals surface area contributed by atoms with Crippen molar-refractivity contribution in [2.45, 2.75) is 0 Å². The molecular weight excluding hydrogens is 434 g/mol. The van der Waals surface area contributed by atoms with Crippen molar-refractivity contribution in [3.8, 4) is 39.7 Å². The van der Waals surface area contributed by atoms with Gasteiger partial charge >= 0.3 is 5.97 Å². The van der Waals surface area contributed by atoms with Gasteiger partial charge in [0.1, 0.15) is 11.3 Å². The minimum Gasteiger partial charge on any atom is -0.493 e. The number of carbonyl (C=O) groups is 1. The topological polar surface area (TPSA) is 154 Å². The molecular formula is C22H19N3O8. The lowest BCUT2D eigenvalue weighted by Gasteiger charge is -2.13. The van der Waals surface area contributed by atoms with Crippen LogP contribution in [0.5, 0.6) is 17.2 Å². The van der Waals surface area contributed by atoms with E-state index in [0.29, 0.717) is 50.8 Å². The van der Waals surface area contributed by atoms with Gasteiger partial charge in [0.15, 0.2) is 22.4 Å². The lowest BCUT2D eigenvalue weighted by Crippen LogP contribution is -1.97. The highest BCUT2D eigenvalue weighted by Gasteiger charge is 2.18. The molecule has 170 valence electrons. The van der Waals surface area contributed by atoms with Crippen molar-refractivity contribution in [2.75, 3.05) is 21.3 Å². The Hall–Kier alpha value is -4.67. The zero-order valence-corrected chi connectivity index (χ0v) is 17.8. The summed E-state index contributed by atoms with van der Waals surface area (Å²) in [6.45, 7) is 0. The minimum absolute atomic E-state index is 0.0915. The van der Waals surface area contributed by atoms with Crippen molar-refractivity contribution in [2.24, 2.45) is 5.34 Å². The third kappa shape index (κ3) is 4.66. The van der Waals surface area contributed by atoms with Crippen LogP contribution in [0.4, 0.5) is 0 Å². The number of aromatic nitrogens is 2. The van der Waals surface area contributed by atoms with Crippen LogP contribution < -0.4 is 14.2 Å². The molecule has 0 saturated carbocycles. The highest BCUT2D eigenvalue weighted by molar-refractivity contribution is 5.94. The lowest BCUT2D eigenvalue weighted by atomic mass is 10.1. The molecule has 33 heavy (non-hydrogen) atoms. The number of aromatic carboxylic acids is 1. The van der Waals surface area contributed by atoms with Crippen LogP contribution in [0.25, 0.3) is 33.6 Å². The van der Waals surface area contributed by atoms with Gasteiger partial charge in [0.25, 0.3) is 0 Å². The first-order valence-corrected chi connectivity index (χ1v) is 9.31. The van der Waals surface area contributed by atoms with Crippen molar-refractivity contribution in [3.05, 3.63) is 59.4 Å². The number of furan rings is 1. The summed E-state index contributed by atoms with van der Waals surface area (Å²) in [5, 5.41) is 17.1. The maximum absolute atomic E-state index is 11.3. The SMILES string of the molecule is COc1cc(-c2cc3nccc(-c4cncc(C(=O)O)c4)c3o2)cc(OC)c1OC.O=NO. The summed E-state index contributed by atoms with van der Waals surface area (Å²) in [7, 11) is 4.63. The van der Waals surface area contributed by atoms with Gasteiger partial charge in [0, 0.05) is 41.3 Å². The molecule has 3 heterocycles. The smallest absolute Gasteiger partial charge is 0.337 e. The molecule has 0 amide bonds. The van der Waals surface area contributed by atoms with Crippen LogP contribution in [0.3, 0.4) is 0 Å². The second-order valence-corrected chi connectivity index (χ2v) is 6.45. The summed E-state index contributed by atoms with van der Waals surface area (Å²) in [6.07, 6.45) is 4.52. The quantitative estimate of drug-likeness (QED) is 0.317. The maximum atomic E-state index is 11.3. The van der Waals surface area contributed by atoms with Gasteiger partial charge in [-0.2, -0.15) is 0 Å². The fourth-order valence-electron chi connectivity index (χ4n) is 3.24. The number of methoxy groups -OCH3 is 3. The fraction of sp³-hybridized carbons (Fsp3) is 0.136. The number of hydrogen-bond acceptors (Lipinski definition) is 9. The Balaban J connectivity index is 0.000000968. The van der Waals surface area contributed by atoms with Crippen LogP contribution in [0.2, 0.25) is 0 Å². The minimum atomic E-state index is -1.05. The van der Waals surface area contributed by atoms with E-state index in [2.05, 4.69) is 9.97 Å². The molecule has 0 aliphatic heterocycles. The van der Waals surface area contributed by atoms with E-state index in [0.717, 1.165) is 0 Å². The number of pyridine rings is 2. The number of nitrogens with zero attached hydrogens (tertiary/aromatic N) is 3. The van der Waals surface area contributed by atoms with Gasteiger partial charge in [-0.1, -0.05) is 0 Å². The number of carboxylic acids is 1. The average molecular weight is 453 g/mol. The number of fused-ring (bicyclic) bond motifs is 1. The molecule has 1 aromatic carbocycles. The highest BCUT2D eigenvalue weighted by Crippen LogP contribution is 2.42. The van der Waals surface area contributed by atoms with Crippen LogP contribution in [0.1, 0.15) is 10.4 Å². The Kier molecular flexibility index (Phi) is 7.03. The molecule has 0 bridgehead atoms. The number of ether oxygens (including phenoxy) is 3. The van der Waals surface area contributed by atoms with Crippen LogP contribution in [-0.2, 0) is 0 Å². The monoisotopic (exact) mass is 453 g/mol. The van der Waals surface area contributed by atoms with Crippen molar-refractivity contribution in [1.82, 2.24) is 9.97 Å². The summed E-state index contributed by atoms with van der Waals surface area (Å²) >= 11 is 0. The van der Waals surface area contributed by atoms with E-state index in [9.17, 15) is 9.90 Å².